The van der Waals surface area contributed by atoms with Gasteiger partial charge in [-0.15, -0.1) is 10.2 Å². The molecule has 0 spiro atoms. The average Bonchev–Trinajstić information content (AvgIpc) is 3.52. The van der Waals surface area contributed by atoms with Gasteiger partial charge < -0.3 is 10.1 Å². The van der Waals surface area contributed by atoms with Crippen LogP contribution in [0, 0.1) is 0 Å². The quantitative estimate of drug-likeness (QED) is 0.287. The van der Waals surface area contributed by atoms with E-state index in [1.165, 1.54) is 22.5 Å². The monoisotopic (exact) mass is 513 g/mol. The molecule has 0 aliphatic carbocycles. The second-order valence-electron chi connectivity index (χ2n) is 7.83. The third-order valence-corrected chi connectivity index (χ3v) is 6.23. The van der Waals surface area contributed by atoms with Gasteiger partial charge >= 0.3 is 0 Å². The Kier molecular flexibility index (Phi) is 7.13. The second-order valence-corrected chi connectivity index (χ2v) is 8.77. The Balaban J connectivity index is 1.35. The standard InChI is InChI=1S/C26H23N7O3S/c1-2-36-21-12-10-19(11-13-21)32-25(18-7-6-14-27-16-18)29-30-26(32)37-17-23(34)28-22-15-24(35)33(31-22)20-8-4-3-5-9-20/h3-16,31H,2,17H2,1H3,(H,28,34). The molecule has 37 heavy (non-hydrogen) atoms. The van der Waals surface area contributed by atoms with Crippen molar-refractivity contribution in [1.29, 1.82) is 0 Å². The van der Waals surface area contributed by atoms with Crippen molar-refractivity contribution in [2.45, 2.75) is 12.1 Å². The number of aromatic nitrogens is 6. The summed E-state index contributed by atoms with van der Waals surface area (Å²) in [5, 5.41) is 14.9. The van der Waals surface area contributed by atoms with Crippen LogP contribution in [-0.2, 0) is 4.79 Å². The van der Waals surface area contributed by atoms with E-state index < -0.39 is 0 Å². The molecule has 0 unspecified atom stereocenters. The molecule has 0 radical (unpaired) electrons. The molecule has 5 aromatic rings. The van der Waals surface area contributed by atoms with Crippen LogP contribution in [0.2, 0.25) is 0 Å². The molecule has 186 valence electrons. The molecule has 3 aromatic heterocycles. The number of H-pyrrole nitrogens is 1. The number of hydrogen-bond acceptors (Lipinski definition) is 7. The van der Waals surface area contributed by atoms with Gasteiger partial charge in [0.25, 0.3) is 5.56 Å². The summed E-state index contributed by atoms with van der Waals surface area (Å²) in [6, 6.07) is 21.8. The van der Waals surface area contributed by atoms with Gasteiger partial charge in [0.2, 0.25) is 5.91 Å². The van der Waals surface area contributed by atoms with Crippen molar-refractivity contribution in [3.63, 3.8) is 0 Å². The lowest BCUT2D eigenvalue weighted by Crippen LogP contribution is -2.15. The van der Waals surface area contributed by atoms with E-state index in [0.717, 1.165) is 17.0 Å². The second kappa shape index (κ2) is 11.0. The molecule has 5 rings (SSSR count). The lowest BCUT2D eigenvalue weighted by Gasteiger charge is -2.11. The Morgan fingerprint density at radius 2 is 1.84 bits per heavy atom. The normalized spacial score (nSPS) is 10.8. The van der Waals surface area contributed by atoms with E-state index in [-0.39, 0.29) is 17.2 Å². The number of benzene rings is 2. The molecule has 2 N–H and O–H groups in total. The lowest BCUT2D eigenvalue weighted by atomic mass is 10.2. The van der Waals surface area contributed by atoms with E-state index in [1.807, 2.05) is 66.1 Å². The Hall–Kier alpha value is -4.64. The van der Waals surface area contributed by atoms with E-state index in [2.05, 4.69) is 25.6 Å². The summed E-state index contributed by atoms with van der Waals surface area (Å²) in [5.74, 6) is 1.43. The van der Waals surface area contributed by atoms with Gasteiger partial charge in [-0.3, -0.25) is 24.2 Å². The number of ether oxygens (including phenoxy) is 1. The van der Waals surface area contributed by atoms with Crippen molar-refractivity contribution in [1.82, 2.24) is 29.5 Å². The number of amides is 1. The van der Waals surface area contributed by atoms with Gasteiger partial charge in [0.15, 0.2) is 11.0 Å². The predicted octanol–water partition coefficient (Wildman–Crippen LogP) is 3.94. The summed E-state index contributed by atoms with van der Waals surface area (Å²) >= 11 is 1.23. The van der Waals surface area contributed by atoms with E-state index in [9.17, 15) is 9.59 Å². The summed E-state index contributed by atoms with van der Waals surface area (Å²) < 4.78 is 8.80. The number of rotatable bonds is 9. The highest BCUT2D eigenvalue weighted by Crippen LogP contribution is 2.28. The third kappa shape index (κ3) is 5.46. The molecule has 0 saturated carbocycles. The molecule has 3 heterocycles. The Bertz CT molecular complexity index is 1540. The average molecular weight is 514 g/mol. The van der Waals surface area contributed by atoms with Crippen molar-refractivity contribution in [2.75, 3.05) is 17.7 Å². The number of hydrogen-bond donors (Lipinski definition) is 2. The summed E-state index contributed by atoms with van der Waals surface area (Å²) in [4.78, 5) is 29.3. The molecule has 0 aliphatic rings. The van der Waals surface area contributed by atoms with E-state index in [0.29, 0.717) is 29.1 Å². The number of nitrogens with one attached hydrogen (secondary N) is 2. The number of carbonyl (C=O) groups is 1. The number of carbonyl (C=O) groups excluding carboxylic acids is 1. The number of aromatic amines is 1. The highest BCUT2D eigenvalue weighted by Gasteiger charge is 2.18. The number of nitrogens with zero attached hydrogens (tertiary/aromatic N) is 5. The molecule has 0 aliphatic heterocycles. The zero-order chi connectivity index (χ0) is 25.6. The smallest absolute Gasteiger partial charge is 0.273 e. The SMILES string of the molecule is CCOc1ccc(-n2c(SCC(=O)Nc3cc(=O)n(-c4ccccc4)[nH]3)nnc2-c2cccnc2)cc1. The van der Waals surface area contributed by atoms with Gasteiger partial charge in [-0.2, -0.15) is 0 Å². The van der Waals surface area contributed by atoms with Crippen LogP contribution in [-0.4, -0.2) is 47.8 Å². The largest absolute Gasteiger partial charge is 0.494 e. The predicted molar refractivity (Wildman–Crippen MR) is 142 cm³/mol. The molecular weight excluding hydrogens is 490 g/mol. The Labute approximate surface area is 216 Å². The van der Waals surface area contributed by atoms with E-state index in [1.54, 1.807) is 24.5 Å². The number of thioether (sulfide) groups is 1. The van der Waals surface area contributed by atoms with Crippen molar-refractivity contribution in [3.8, 4) is 28.5 Å². The van der Waals surface area contributed by atoms with Gasteiger partial charge in [-0.1, -0.05) is 30.0 Å². The first-order valence-electron chi connectivity index (χ1n) is 11.5. The maximum Gasteiger partial charge on any atom is 0.273 e. The first kappa shape index (κ1) is 24.1. The Morgan fingerprint density at radius 3 is 2.57 bits per heavy atom. The first-order valence-corrected chi connectivity index (χ1v) is 12.5. The maximum absolute atomic E-state index is 12.7. The summed E-state index contributed by atoms with van der Waals surface area (Å²) in [5.41, 5.74) is 2.01. The maximum atomic E-state index is 12.7. The van der Waals surface area contributed by atoms with E-state index >= 15 is 0 Å². The van der Waals surface area contributed by atoms with Gasteiger partial charge in [0, 0.05) is 29.7 Å². The van der Waals surface area contributed by atoms with Gasteiger partial charge in [-0.05, 0) is 55.5 Å². The summed E-state index contributed by atoms with van der Waals surface area (Å²) in [6.45, 7) is 2.50. The highest BCUT2D eigenvalue weighted by molar-refractivity contribution is 7.99. The topological polar surface area (TPSA) is 120 Å². The molecular formula is C26H23N7O3S. The van der Waals surface area contributed by atoms with Crippen LogP contribution in [0.3, 0.4) is 0 Å². The zero-order valence-electron chi connectivity index (χ0n) is 19.9. The molecule has 2 aromatic carbocycles. The number of anilines is 1. The van der Waals surface area contributed by atoms with Crippen molar-refractivity contribution >= 4 is 23.5 Å². The Morgan fingerprint density at radius 1 is 1.03 bits per heavy atom. The summed E-state index contributed by atoms with van der Waals surface area (Å²) in [6.07, 6.45) is 3.40. The van der Waals surface area contributed by atoms with Gasteiger partial charge in [0.05, 0.1) is 18.0 Å². The molecule has 0 atom stereocenters. The molecule has 0 fully saturated rings. The zero-order valence-corrected chi connectivity index (χ0v) is 20.7. The molecule has 0 bridgehead atoms. The van der Waals surface area contributed by atoms with E-state index in [4.69, 9.17) is 4.74 Å². The van der Waals surface area contributed by atoms with Crippen LogP contribution >= 0.6 is 11.8 Å². The number of pyridine rings is 1. The lowest BCUT2D eigenvalue weighted by molar-refractivity contribution is -0.113. The van der Waals surface area contributed by atoms with Crippen LogP contribution < -0.4 is 15.6 Å². The van der Waals surface area contributed by atoms with Crippen molar-refractivity contribution in [2.24, 2.45) is 0 Å². The fourth-order valence-electron chi connectivity index (χ4n) is 3.68. The fraction of sp³-hybridized carbons (Fsp3) is 0.115. The minimum atomic E-state index is -0.296. The first-order chi connectivity index (χ1) is 18.1. The fourth-order valence-corrected chi connectivity index (χ4v) is 4.43. The van der Waals surface area contributed by atoms with Crippen LogP contribution in [0.4, 0.5) is 5.82 Å². The van der Waals surface area contributed by atoms with Crippen LogP contribution in [0.1, 0.15) is 6.92 Å². The third-order valence-electron chi connectivity index (χ3n) is 5.30. The minimum absolute atomic E-state index is 0.0563. The number of para-hydroxylation sites is 1. The molecule has 0 saturated heterocycles. The van der Waals surface area contributed by atoms with Crippen LogP contribution in [0.25, 0.3) is 22.8 Å². The van der Waals surface area contributed by atoms with Crippen LogP contribution in [0.15, 0.2) is 95.1 Å². The van der Waals surface area contributed by atoms with Crippen molar-refractivity contribution < 1.29 is 9.53 Å². The highest BCUT2D eigenvalue weighted by atomic mass is 32.2. The molecule has 11 heteroatoms. The van der Waals surface area contributed by atoms with Crippen LogP contribution in [0.5, 0.6) is 5.75 Å². The minimum Gasteiger partial charge on any atom is -0.494 e. The van der Waals surface area contributed by atoms with Crippen molar-refractivity contribution in [3.05, 3.63) is 95.5 Å². The van der Waals surface area contributed by atoms with Gasteiger partial charge in [0.1, 0.15) is 11.6 Å². The molecule has 10 nitrogen and oxygen atoms in total. The summed E-state index contributed by atoms with van der Waals surface area (Å²) in [7, 11) is 0. The molecule has 1 amide bonds. The van der Waals surface area contributed by atoms with Gasteiger partial charge in [-0.25, -0.2) is 4.68 Å².